The van der Waals surface area contributed by atoms with Gasteiger partial charge in [-0.1, -0.05) is 17.7 Å². The van der Waals surface area contributed by atoms with Gasteiger partial charge in [-0.3, -0.25) is 4.79 Å². The van der Waals surface area contributed by atoms with E-state index in [1.54, 1.807) is 17.0 Å². The number of halogens is 1. The van der Waals surface area contributed by atoms with Gasteiger partial charge in [0.2, 0.25) is 0 Å². The lowest BCUT2D eigenvalue weighted by Crippen LogP contribution is -2.34. The highest BCUT2D eigenvalue weighted by Crippen LogP contribution is 2.27. The molecule has 19 heavy (non-hydrogen) atoms. The average Bonchev–Trinajstić information content (AvgIpc) is 2.38. The summed E-state index contributed by atoms with van der Waals surface area (Å²) < 4.78 is 5.45. The molecular formula is C14H21ClN2O2. The van der Waals surface area contributed by atoms with Crippen LogP contribution in [0.1, 0.15) is 32.4 Å². The summed E-state index contributed by atoms with van der Waals surface area (Å²) >= 11 is 6.10. The summed E-state index contributed by atoms with van der Waals surface area (Å²) in [5, 5.41) is 0.474. The zero-order valence-electron chi connectivity index (χ0n) is 11.6. The highest BCUT2D eigenvalue weighted by Gasteiger charge is 2.12. The fourth-order valence-corrected chi connectivity index (χ4v) is 1.97. The van der Waals surface area contributed by atoms with Gasteiger partial charge in [0.15, 0.2) is 6.61 Å². The Labute approximate surface area is 119 Å². The summed E-state index contributed by atoms with van der Waals surface area (Å²) in [4.78, 5) is 13.5. The van der Waals surface area contributed by atoms with Crippen LogP contribution in [0, 0.1) is 0 Å². The van der Waals surface area contributed by atoms with Crippen LogP contribution in [0.25, 0.3) is 0 Å². The average molecular weight is 285 g/mol. The van der Waals surface area contributed by atoms with Gasteiger partial charge >= 0.3 is 0 Å². The van der Waals surface area contributed by atoms with Crippen LogP contribution in [0.3, 0.4) is 0 Å². The number of hydrogen-bond donors (Lipinski definition) is 1. The van der Waals surface area contributed by atoms with Gasteiger partial charge in [0, 0.05) is 19.1 Å². The molecule has 0 fully saturated rings. The molecule has 2 N–H and O–H groups in total. The topological polar surface area (TPSA) is 55.6 Å². The number of amides is 1. The van der Waals surface area contributed by atoms with Gasteiger partial charge in [0.1, 0.15) is 5.75 Å². The fourth-order valence-electron chi connectivity index (χ4n) is 1.72. The van der Waals surface area contributed by atoms with E-state index in [0.29, 0.717) is 23.9 Å². The van der Waals surface area contributed by atoms with Crippen molar-refractivity contribution in [3.63, 3.8) is 0 Å². The lowest BCUT2D eigenvalue weighted by molar-refractivity contribution is -0.132. The molecule has 1 aromatic carbocycles. The number of nitrogens with two attached hydrogens (primary N) is 1. The van der Waals surface area contributed by atoms with Gasteiger partial charge in [-0.05, 0) is 38.5 Å². The maximum atomic E-state index is 11.8. The Kier molecular flexibility index (Phi) is 6.12. The van der Waals surface area contributed by atoms with Crippen LogP contribution in [-0.4, -0.2) is 30.5 Å². The smallest absolute Gasteiger partial charge is 0.260 e. The number of hydrogen-bond acceptors (Lipinski definition) is 3. The molecule has 0 aromatic heterocycles. The molecule has 0 spiro atoms. The van der Waals surface area contributed by atoms with Crippen LogP contribution >= 0.6 is 11.6 Å². The van der Waals surface area contributed by atoms with Crippen molar-refractivity contribution in [3.05, 3.63) is 28.8 Å². The van der Waals surface area contributed by atoms with E-state index < -0.39 is 0 Å². The Morgan fingerprint density at radius 2 is 2.05 bits per heavy atom. The van der Waals surface area contributed by atoms with E-state index in [0.717, 1.165) is 5.56 Å². The Bertz CT molecular complexity index is 431. The Morgan fingerprint density at radius 3 is 2.53 bits per heavy atom. The number of carbonyl (C=O) groups excluding carboxylic acids is 1. The quantitative estimate of drug-likeness (QED) is 0.874. The second-order valence-electron chi connectivity index (χ2n) is 4.33. The third kappa shape index (κ3) is 4.40. The van der Waals surface area contributed by atoms with E-state index in [1.165, 1.54) is 0 Å². The van der Waals surface area contributed by atoms with Gasteiger partial charge in [-0.2, -0.15) is 0 Å². The third-order valence-corrected chi connectivity index (χ3v) is 3.24. The minimum atomic E-state index is -0.0798. The van der Waals surface area contributed by atoms with Gasteiger partial charge < -0.3 is 15.4 Å². The predicted octanol–water partition coefficient (Wildman–Crippen LogP) is 2.61. The maximum Gasteiger partial charge on any atom is 0.260 e. The van der Waals surface area contributed by atoms with Crippen molar-refractivity contribution < 1.29 is 9.53 Å². The monoisotopic (exact) mass is 284 g/mol. The number of carbonyl (C=O) groups is 1. The highest BCUT2D eigenvalue weighted by atomic mass is 35.5. The SMILES string of the molecule is CCN(CC)C(=O)COc1ccc(C(C)N)cc1Cl. The minimum absolute atomic E-state index is 0.00107. The summed E-state index contributed by atoms with van der Waals surface area (Å²) in [5.74, 6) is 0.462. The number of nitrogens with zero attached hydrogens (tertiary/aromatic N) is 1. The first-order valence-electron chi connectivity index (χ1n) is 6.45. The molecular weight excluding hydrogens is 264 g/mol. The lowest BCUT2D eigenvalue weighted by Gasteiger charge is -2.19. The molecule has 1 rings (SSSR count). The van der Waals surface area contributed by atoms with Crippen LogP contribution in [0.15, 0.2) is 18.2 Å². The molecule has 1 unspecified atom stereocenters. The van der Waals surface area contributed by atoms with Crippen molar-refractivity contribution in [1.29, 1.82) is 0 Å². The largest absolute Gasteiger partial charge is 0.482 e. The molecule has 0 radical (unpaired) electrons. The van der Waals surface area contributed by atoms with Gasteiger partial charge in [0.05, 0.1) is 5.02 Å². The first-order valence-corrected chi connectivity index (χ1v) is 6.83. The van der Waals surface area contributed by atoms with Crippen LogP contribution in [0.5, 0.6) is 5.75 Å². The second kappa shape index (κ2) is 7.36. The molecule has 1 amide bonds. The summed E-state index contributed by atoms with van der Waals surface area (Å²) in [7, 11) is 0. The van der Waals surface area contributed by atoms with E-state index in [2.05, 4.69) is 0 Å². The Balaban J connectivity index is 2.66. The van der Waals surface area contributed by atoms with Gasteiger partial charge in [-0.15, -0.1) is 0 Å². The molecule has 5 heteroatoms. The summed E-state index contributed by atoms with van der Waals surface area (Å²) in [6, 6.07) is 5.29. The van der Waals surface area contributed by atoms with Crippen molar-refractivity contribution in [1.82, 2.24) is 4.90 Å². The lowest BCUT2D eigenvalue weighted by atomic mass is 10.1. The molecule has 106 valence electrons. The molecule has 0 aliphatic heterocycles. The number of rotatable bonds is 6. The Morgan fingerprint density at radius 1 is 1.42 bits per heavy atom. The zero-order chi connectivity index (χ0) is 14.4. The predicted molar refractivity (Wildman–Crippen MR) is 77.5 cm³/mol. The molecule has 0 saturated heterocycles. The molecule has 0 saturated carbocycles. The van der Waals surface area contributed by atoms with Crippen molar-refractivity contribution in [2.45, 2.75) is 26.8 Å². The molecule has 4 nitrogen and oxygen atoms in total. The Hall–Kier alpha value is -1.26. The summed E-state index contributed by atoms with van der Waals surface area (Å²) in [6.07, 6.45) is 0. The van der Waals surface area contributed by atoms with Crippen molar-refractivity contribution in [2.24, 2.45) is 5.73 Å². The number of benzene rings is 1. The summed E-state index contributed by atoms with van der Waals surface area (Å²) in [5.41, 5.74) is 6.71. The van der Waals surface area contributed by atoms with Crippen molar-refractivity contribution in [2.75, 3.05) is 19.7 Å². The van der Waals surface area contributed by atoms with Crippen LogP contribution in [0.4, 0.5) is 0 Å². The highest BCUT2D eigenvalue weighted by molar-refractivity contribution is 6.32. The van der Waals surface area contributed by atoms with Crippen molar-refractivity contribution in [3.8, 4) is 5.75 Å². The van der Waals surface area contributed by atoms with E-state index in [9.17, 15) is 4.79 Å². The zero-order valence-corrected chi connectivity index (χ0v) is 12.4. The molecule has 0 heterocycles. The van der Waals surface area contributed by atoms with Crippen LogP contribution < -0.4 is 10.5 Å². The third-order valence-electron chi connectivity index (χ3n) is 2.95. The number of likely N-dealkylation sites (N-methyl/N-ethyl adjacent to an activating group) is 1. The molecule has 1 atom stereocenters. The van der Waals surface area contributed by atoms with E-state index in [1.807, 2.05) is 26.8 Å². The molecule has 1 aromatic rings. The first kappa shape index (κ1) is 15.8. The minimum Gasteiger partial charge on any atom is -0.482 e. The summed E-state index contributed by atoms with van der Waals surface area (Å²) in [6.45, 7) is 7.11. The standard InChI is InChI=1S/C14H21ClN2O2/c1-4-17(5-2)14(18)9-19-13-7-6-11(10(3)16)8-12(13)15/h6-8,10H,4-5,9,16H2,1-3H3. The van der Waals surface area contributed by atoms with Crippen LogP contribution in [0.2, 0.25) is 5.02 Å². The molecule has 0 aliphatic carbocycles. The fraction of sp³-hybridized carbons (Fsp3) is 0.500. The van der Waals surface area contributed by atoms with Crippen LogP contribution in [-0.2, 0) is 4.79 Å². The first-order chi connectivity index (χ1) is 8.99. The molecule has 0 bridgehead atoms. The van der Waals surface area contributed by atoms with E-state index >= 15 is 0 Å². The van der Waals surface area contributed by atoms with Gasteiger partial charge in [-0.25, -0.2) is 0 Å². The van der Waals surface area contributed by atoms with Crippen molar-refractivity contribution >= 4 is 17.5 Å². The molecule has 0 aliphatic rings. The normalized spacial score (nSPS) is 12.1. The number of ether oxygens (including phenoxy) is 1. The van der Waals surface area contributed by atoms with Gasteiger partial charge in [0.25, 0.3) is 5.91 Å². The maximum absolute atomic E-state index is 11.8. The second-order valence-corrected chi connectivity index (χ2v) is 4.74. The van der Waals surface area contributed by atoms with E-state index in [4.69, 9.17) is 22.1 Å². The van der Waals surface area contributed by atoms with E-state index in [-0.39, 0.29) is 18.6 Å².